The lowest BCUT2D eigenvalue weighted by Gasteiger charge is -2.31. The van der Waals surface area contributed by atoms with Gasteiger partial charge in [0, 0.05) is 25.8 Å². The van der Waals surface area contributed by atoms with E-state index in [4.69, 9.17) is 0 Å². The molecular formula is C28H34N6O2. The van der Waals surface area contributed by atoms with E-state index in [9.17, 15) is 9.90 Å². The number of rotatable bonds is 7. The summed E-state index contributed by atoms with van der Waals surface area (Å²) in [7, 11) is 0. The van der Waals surface area contributed by atoms with Crippen LogP contribution in [0.4, 0.5) is 5.69 Å². The van der Waals surface area contributed by atoms with E-state index in [0.29, 0.717) is 29.5 Å². The van der Waals surface area contributed by atoms with Crippen LogP contribution >= 0.6 is 0 Å². The number of anilines is 1. The third kappa shape index (κ3) is 5.39. The highest BCUT2D eigenvalue weighted by Crippen LogP contribution is 2.39. The fourth-order valence-electron chi connectivity index (χ4n) is 4.84. The first kappa shape index (κ1) is 24.3. The molecule has 1 saturated carbocycles. The van der Waals surface area contributed by atoms with Gasteiger partial charge in [0.2, 0.25) is 0 Å². The predicted molar refractivity (Wildman–Crippen MR) is 140 cm³/mol. The Labute approximate surface area is 212 Å². The van der Waals surface area contributed by atoms with Crippen molar-refractivity contribution < 1.29 is 9.90 Å². The summed E-state index contributed by atoms with van der Waals surface area (Å²) >= 11 is 0. The number of hydrogen-bond acceptors (Lipinski definition) is 6. The Morgan fingerprint density at radius 3 is 2.58 bits per heavy atom. The number of carbonyl (C=O) groups excluding carboxylic acids is 1. The maximum absolute atomic E-state index is 13.0. The van der Waals surface area contributed by atoms with E-state index in [1.54, 1.807) is 17.1 Å². The molecule has 188 valence electrons. The zero-order valence-corrected chi connectivity index (χ0v) is 21.5. The Balaban J connectivity index is 1.26. The van der Waals surface area contributed by atoms with Gasteiger partial charge in [0.15, 0.2) is 5.82 Å². The van der Waals surface area contributed by atoms with Crippen LogP contribution in [0.25, 0.3) is 11.4 Å². The molecule has 4 heterocycles. The molecule has 0 radical (unpaired) electrons. The van der Waals surface area contributed by atoms with E-state index in [0.717, 1.165) is 36.5 Å². The van der Waals surface area contributed by atoms with Gasteiger partial charge in [-0.1, -0.05) is 12.1 Å². The Morgan fingerprint density at radius 2 is 1.97 bits per heavy atom. The molecule has 1 amide bonds. The minimum Gasteiger partial charge on any atom is -0.389 e. The molecule has 0 spiro atoms. The predicted octanol–water partition coefficient (Wildman–Crippen LogP) is 4.27. The van der Waals surface area contributed by atoms with Crippen LogP contribution in [-0.4, -0.2) is 60.9 Å². The van der Waals surface area contributed by atoms with E-state index in [-0.39, 0.29) is 5.91 Å². The van der Waals surface area contributed by atoms with Gasteiger partial charge >= 0.3 is 0 Å². The summed E-state index contributed by atoms with van der Waals surface area (Å²) in [5, 5.41) is 17.5. The van der Waals surface area contributed by atoms with E-state index in [1.165, 1.54) is 24.0 Å². The Kier molecular flexibility index (Phi) is 6.49. The summed E-state index contributed by atoms with van der Waals surface area (Å²) in [6, 6.07) is 6.02. The molecule has 5 rings (SSSR count). The number of pyridine rings is 2. The van der Waals surface area contributed by atoms with Gasteiger partial charge in [-0.05, 0) is 81.7 Å². The van der Waals surface area contributed by atoms with Gasteiger partial charge in [-0.2, -0.15) is 5.10 Å². The van der Waals surface area contributed by atoms with Crippen molar-refractivity contribution >= 4 is 17.2 Å². The topological polar surface area (TPSA) is 96.2 Å². The number of nitrogens with zero attached hydrogens (tertiary/aromatic N) is 5. The Morgan fingerprint density at radius 1 is 1.17 bits per heavy atom. The number of aliphatic hydroxyl groups is 1. The van der Waals surface area contributed by atoms with E-state index in [1.807, 2.05) is 46.0 Å². The number of hydrogen-bond donors (Lipinski definition) is 2. The highest BCUT2D eigenvalue weighted by molar-refractivity contribution is 6.05. The Bertz CT molecular complexity index is 1300. The number of aryl methyl sites for hydroxylation is 1. The molecule has 2 aliphatic rings. The number of carbonyl (C=O) groups is 1. The monoisotopic (exact) mass is 486 g/mol. The SMILES string of the molecule is Cc1cc(NC(=O)c2cnn(-c3ccc(C4CC4)cn3)c2C)cnc1C1=CCN(CC(C)(C)O)CC1. The molecular weight excluding hydrogens is 452 g/mol. The lowest BCUT2D eigenvalue weighted by molar-refractivity contribution is 0.0397. The zero-order chi connectivity index (χ0) is 25.4. The smallest absolute Gasteiger partial charge is 0.259 e. The minimum atomic E-state index is -0.703. The van der Waals surface area contributed by atoms with Gasteiger partial charge < -0.3 is 10.4 Å². The van der Waals surface area contributed by atoms with Gasteiger partial charge in [0.1, 0.15) is 0 Å². The maximum Gasteiger partial charge on any atom is 0.259 e. The lowest BCUT2D eigenvalue weighted by Crippen LogP contribution is -2.40. The average molecular weight is 487 g/mol. The van der Waals surface area contributed by atoms with Crippen molar-refractivity contribution in [3.8, 4) is 5.82 Å². The summed E-state index contributed by atoms with van der Waals surface area (Å²) in [4.78, 5) is 24.5. The van der Waals surface area contributed by atoms with Crippen LogP contribution in [0.1, 0.15) is 71.9 Å². The Hall–Kier alpha value is -3.36. The largest absolute Gasteiger partial charge is 0.389 e. The van der Waals surface area contributed by atoms with Crippen molar-refractivity contribution in [1.82, 2.24) is 24.6 Å². The van der Waals surface area contributed by atoms with Gasteiger partial charge in [0.25, 0.3) is 5.91 Å². The summed E-state index contributed by atoms with van der Waals surface area (Å²) < 4.78 is 1.70. The number of β-amino-alcohol motifs (C(OH)–C–C–N with tert-alkyl or cyclic N) is 1. The van der Waals surface area contributed by atoms with Crippen molar-refractivity contribution in [2.24, 2.45) is 0 Å². The molecule has 8 nitrogen and oxygen atoms in total. The van der Waals surface area contributed by atoms with Crippen molar-refractivity contribution in [1.29, 1.82) is 0 Å². The third-order valence-electron chi connectivity index (χ3n) is 6.84. The molecule has 3 aromatic rings. The molecule has 0 saturated heterocycles. The second-order valence-electron chi connectivity index (χ2n) is 10.6. The molecule has 0 unspecified atom stereocenters. The second kappa shape index (κ2) is 9.59. The van der Waals surface area contributed by atoms with Crippen LogP contribution < -0.4 is 5.32 Å². The molecule has 36 heavy (non-hydrogen) atoms. The molecule has 8 heteroatoms. The first-order valence-corrected chi connectivity index (χ1v) is 12.6. The van der Waals surface area contributed by atoms with E-state index >= 15 is 0 Å². The van der Waals surface area contributed by atoms with Crippen molar-refractivity contribution in [2.75, 3.05) is 25.0 Å². The average Bonchev–Trinajstić information content (AvgIpc) is 3.61. The van der Waals surface area contributed by atoms with Crippen LogP contribution in [0, 0.1) is 13.8 Å². The quantitative estimate of drug-likeness (QED) is 0.518. The number of nitrogens with one attached hydrogen (secondary N) is 1. The van der Waals surface area contributed by atoms with Gasteiger partial charge in [-0.3, -0.25) is 14.7 Å². The van der Waals surface area contributed by atoms with E-state index < -0.39 is 5.60 Å². The van der Waals surface area contributed by atoms with E-state index in [2.05, 4.69) is 37.4 Å². The molecule has 2 N–H and O–H groups in total. The van der Waals surface area contributed by atoms with Gasteiger partial charge in [-0.15, -0.1) is 0 Å². The second-order valence-corrected chi connectivity index (χ2v) is 10.6. The summed E-state index contributed by atoms with van der Waals surface area (Å²) in [5.74, 6) is 1.14. The highest BCUT2D eigenvalue weighted by Gasteiger charge is 2.24. The fourth-order valence-corrected chi connectivity index (χ4v) is 4.84. The summed E-state index contributed by atoms with van der Waals surface area (Å²) in [5.41, 5.74) is 5.64. The first-order chi connectivity index (χ1) is 17.2. The molecule has 0 atom stereocenters. The van der Waals surface area contributed by atoms with Crippen LogP contribution in [0.2, 0.25) is 0 Å². The zero-order valence-electron chi connectivity index (χ0n) is 21.5. The molecule has 1 fully saturated rings. The standard InChI is InChI=1S/C28H34N6O2/c1-18-13-23(15-30-26(18)21-9-11-33(12-10-21)17-28(3,4)36)32-27(35)24-16-31-34(19(24)2)25-8-7-22(14-29-25)20-5-6-20/h7-9,13-16,20,36H,5-6,10-12,17H2,1-4H3,(H,32,35). The summed E-state index contributed by atoms with van der Waals surface area (Å²) in [6.45, 7) is 9.88. The fraction of sp³-hybridized carbons (Fsp3) is 0.429. The van der Waals surface area contributed by atoms with Crippen molar-refractivity contribution in [2.45, 2.75) is 58.5 Å². The molecule has 0 aromatic carbocycles. The minimum absolute atomic E-state index is 0.221. The molecule has 1 aliphatic heterocycles. The van der Waals surface area contributed by atoms with Crippen LogP contribution in [0.15, 0.2) is 42.9 Å². The van der Waals surface area contributed by atoms with Gasteiger partial charge in [0.05, 0.1) is 40.6 Å². The van der Waals surface area contributed by atoms with Crippen LogP contribution in [-0.2, 0) is 0 Å². The highest BCUT2D eigenvalue weighted by atomic mass is 16.3. The van der Waals surface area contributed by atoms with Crippen molar-refractivity contribution in [3.63, 3.8) is 0 Å². The number of aromatic nitrogens is 4. The first-order valence-electron chi connectivity index (χ1n) is 12.6. The summed E-state index contributed by atoms with van der Waals surface area (Å²) in [6.07, 6.45) is 10.7. The molecule has 1 aliphatic carbocycles. The lowest BCUT2D eigenvalue weighted by atomic mass is 9.99. The van der Waals surface area contributed by atoms with Gasteiger partial charge in [-0.25, -0.2) is 9.67 Å². The normalized spacial score (nSPS) is 16.6. The van der Waals surface area contributed by atoms with Crippen LogP contribution in [0.5, 0.6) is 0 Å². The number of amides is 1. The third-order valence-corrected chi connectivity index (χ3v) is 6.84. The van der Waals surface area contributed by atoms with Crippen molar-refractivity contribution in [3.05, 3.63) is 70.9 Å². The maximum atomic E-state index is 13.0. The van der Waals surface area contributed by atoms with Crippen LogP contribution in [0.3, 0.4) is 0 Å². The molecule has 0 bridgehead atoms. The molecule has 3 aromatic heterocycles.